The number of H-pyrrole nitrogens is 1. The molecule has 1 aliphatic rings. The van der Waals surface area contributed by atoms with Gasteiger partial charge >= 0.3 is 6.09 Å². The Morgan fingerprint density at radius 1 is 1.48 bits per heavy atom. The lowest BCUT2D eigenvalue weighted by molar-refractivity contribution is -0.0175. The quantitative estimate of drug-likeness (QED) is 0.636. The van der Waals surface area contributed by atoms with Crippen LogP contribution in [0.15, 0.2) is 0 Å². The summed E-state index contributed by atoms with van der Waals surface area (Å²) in [6.45, 7) is 5.10. The molecule has 2 rings (SSSR count). The molecule has 3 N–H and O–H groups in total. The van der Waals surface area contributed by atoms with Gasteiger partial charge in [0.2, 0.25) is 0 Å². The Balaban J connectivity index is 2.03. The van der Waals surface area contributed by atoms with Gasteiger partial charge in [-0.25, -0.2) is 9.78 Å². The Morgan fingerprint density at radius 2 is 2.24 bits per heavy atom. The molecule has 1 aliphatic heterocycles. The van der Waals surface area contributed by atoms with Crippen molar-refractivity contribution in [1.29, 1.82) is 0 Å². The molecule has 25 heavy (non-hydrogen) atoms. The van der Waals surface area contributed by atoms with Crippen LogP contribution >= 0.6 is 11.6 Å². The standard InChI is InChI=1S/C16H25ClN4O4/c1-3-5-8-25-12-9-21(16(23)24)7-6-11(12)19-15(22)14-18-10(4-2)13(17)20-14/h11-12H,3-9H2,1-2H3,(H,18,20)(H,19,22)(H,23,24)/t11-,12+/m1/s1. The number of carboxylic acid groups (broad SMARTS) is 1. The first kappa shape index (κ1) is 19.5. The summed E-state index contributed by atoms with van der Waals surface area (Å²) < 4.78 is 5.83. The van der Waals surface area contributed by atoms with E-state index < -0.39 is 6.09 Å². The molecule has 0 spiro atoms. The van der Waals surface area contributed by atoms with Crippen molar-refractivity contribution in [1.82, 2.24) is 20.2 Å². The number of piperidine rings is 1. The lowest BCUT2D eigenvalue weighted by Gasteiger charge is -2.37. The van der Waals surface area contributed by atoms with Gasteiger partial charge in [0.05, 0.1) is 24.4 Å². The predicted molar refractivity (Wildman–Crippen MR) is 93.1 cm³/mol. The van der Waals surface area contributed by atoms with Crippen LogP contribution in [0.1, 0.15) is 49.4 Å². The fourth-order valence-corrected chi connectivity index (χ4v) is 3.04. The molecular weight excluding hydrogens is 348 g/mol. The fourth-order valence-electron chi connectivity index (χ4n) is 2.77. The van der Waals surface area contributed by atoms with Gasteiger partial charge in [0, 0.05) is 13.2 Å². The number of hydrogen-bond donors (Lipinski definition) is 3. The van der Waals surface area contributed by atoms with E-state index in [0.29, 0.717) is 36.8 Å². The van der Waals surface area contributed by atoms with E-state index in [9.17, 15) is 14.7 Å². The third-order valence-electron chi connectivity index (χ3n) is 4.27. The molecule has 0 saturated carbocycles. The average Bonchev–Trinajstić information content (AvgIpc) is 2.97. The van der Waals surface area contributed by atoms with Crippen molar-refractivity contribution in [2.75, 3.05) is 19.7 Å². The van der Waals surface area contributed by atoms with Gasteiger partial charge in [0.25, 0.3) is 5.91 Å². The number of carbonyl (C=O) groups excluding carboxylic acids is 1. The zero-order chi connectivity index (χ0) is 18.4. The van der Waals surface area contributed by atoms with Gasteiger partial charge < -0.3 is 25.0 Å². The highest BCUT2D eigenvalue weighted by Crippen LogP contribution is 2.17. The van der Waals surface area contributed by atoms with Crippen LogP contribution in [0.4, 0.5) is 4.79 Å². The van der Waals surface area contributed by atoms with E-state index in [4.69, 9.17) is 16.3 Å². The summed E-state index contributed by atoms with van der Waals surface area (Å²) in [5, 5.41) is 12.4. The molecule has 140 valence electrons. The molecule has 2 atom stereocenters. The smallest absolute Gasteiger partial charge is 0.407 e. The Hall–Kier alpha value is -1.80. The lowest BCUT2D eigenvalue weighted by Crippen LogP contribution is -2.56. The van der Waals surface area contributed by atoms with E-state index in [1.54, 1.807) is 0 Å². The van der Waals surface area contributed by atoms with Gasteiger partial charge in [-0.15, -0.1) is 0 Å². The third-order valence-corrected chi connectivity index (χ3v) is 4.59. The van der Waals surface area contributed by atoms with Crippen molar-refractivity contribution in [2.24, 2.45) is 0 Å². The molecule has 2 heterocycles. The minimum atomic E-state index is -0.973. The van der Waals surface area contributed by atoms with Crippen LogP contribution in [0.3, 0.4) is 0 Å². The molecule has 1 saturated heterocycles. The number of carbonyl (C=O) groups is 2. The number of imidazole rings is 1. The van der Waals surface area contributed by atoms with Crippen molar-refractivity contribution in [3.8, 4) is 0 Å². The second kappa shape index (κ2) is 9.05. The van der Waals surface area contributed by atoms with Crippen LogP contribution in [0.25, 0.3) is 0 Å². The number of unbranched alkanes of at least 4 members (excludes halogenated alkanes) is 1. The Kier molecular flexibility index (Phi) is 7.07. The number of nitrogens with zero attached hydrogens (tertiary/aromatic N) is 2. The molecule has 0 bridgehead atoms. The molecule has 1 aromatic rings. The van der Waals surface area contributed by atoms with Crippen molar-refractivity contribution in [3.63, 3.8) is 0 Å². The minimum Gasteiger partial charge on any atom is -0.465 e. The highest BCUT2D eigenvalue weighted by atomic mass is 35.5. The maximum atomic E-state index is 12.4. The van der Waals surface area contributed by atoms with Gasteiger partial charge in [-0.05, 0) is 19.3 Å². The maximum Gasteiger partial charge on any atom is 0.407 e. The molecule has 0 radical (unpaired) electrons. The number of ether oxygens (including phenoxy) is 1. The van der Waals surface area contributed by atoms with Crippen molar-refractivity contribution < 1.29 is 19.4 Å². The lowest BCUT2D eigenvalue weighted by atomic mass is 10.0. The second-order valence-corrected chi connectivity index (χ2v) is 6.43. The van der Waals surface area contributed by atoms with E-state index >= 15 is 0 Å². The predicted octanol–water partition coefficient (Wildman–Crippen LogP) is 2.29. The van der Waals surface area contributed by atoms with E-state index in [1.807, 2.05) is 6.92 Å². The number of aromatic amines is 1. The zero-order valence-corrected chi connectivity index (χ0v) is 15.3. The molecule has 1 aromatic heterocycles. The van der Waals surface area contributed by atoms with Gasteiger partial charge in [-0.1, -0.05) is 31.9 Å². The van der Waals surface area contributed by atoms with E-state index in [-0.39, 0.29) is 30.4 Å². The molecular formula is C16H25ClN4O4. The summed E-state index contributed by atoms with van der Waals surface area (Å²) >= 11 is 5.98. The normalized spacial score (nSPS) is 20.5. The third kappa shape index (κ3) is 5.09. The van der Waals surface area contributed by atoms with E-state index in [2.05, 4.69) is 22.2 Å². The van der Waals surface area contributed by atoms with Gasteiger partial charge in [0.1, 0.15) is 0 Å². The summed E-state index contributed by atoms with van der Waals surface area (Å²) in [6, 6.07) is -0.270. The number of aryl methyl sites for hydroxylation is 1. The van der Waals surface area contributed by atoms with Gasteiger partial charge in [0.15, 0.2) is 11.0 Å². The Labute approximate surface area is 151 Å². The summed E-state index contributed by atoms with van der Waals surface area (Å²) in [6.07, 6.45) is 1.66. The Morgan fingerprint density at radius 3 is 2.84 bits per heavy atom. The topological polar surface area (TPSA) is 108 Å². The van der Waals surface area contributed by atoms with Crippen molar-refractivity contribution in [3.05, 3.63) is 16.7 Å². The first-order valence-electron chi connectivity index (χ1n) is 8.60. The van der Waals surface area contributed by atoms with Crippen LogP contribution in [0.5, 0.6) is 0 Å². The number of aromatic nitrogens is 2. The molecule has 2 amide bonds. The van der Waals surface area contributed by atoms with Crippen molar-refractivity contribution >= 4 is 23.6 Å². The molecule has 8 nitrogen and oxygen atoms in total. The molecule has 0 aromatic carbocycles. The number of halogens is 1. The number of hydrogen-bond acceptors (Lipinski definition) is 4. The SMILES string of the molecule is CCCCO[C@H]1CN(C(=O)O)CC[C@H]1NC(=O)c1nc(Cl)c(CC)[nH]1. The first-order chi connectivity index (χ1) is 12.0. The molecule has 0 unspecified atom stereocenters. The largest absolute Gasteiger partial charge is 0.465 e. The molecule has 9 heteroatoms. The zero-order valence-electron chi connectivity index (χ0n) is 14.5. The summed E-state index contributed by atoms with van der Waals surface area (Å²) in [5.41, 5.74) is 0.711. The minimum absolute atomic E-state index is 0.162. The molecule has 1 fully saturated rings. The molecule has 0 aliphatic carbocycles. The maximum absolute atomic E-state index is 12.4. The highest BCUT2D eigenvalue weighted by molar-refractivity contribution is 6.30. The monoisotopic (exact) mass is 372 g/mol. The van der Waals surface area contributed by atoms with Crippen LogP contribution < -0.4 is 5.32 Å². The number of amides is 2. The van der Waals surface area contributed by atoms with Crippen LogP contribution in [0, 0.1) is 0 Å². The van der Waals surface area contributed by atoms with Gasteiger partial charge in [-0.2, -0.15) is 0 Å². The second-order valence-electron chi connectivity index (χ2n) is 6.07. The summed E-state index contributed by atoms with van der Waals surface area (Å²) in [5.74, 6) is -0.200. The average molecular weight is 373 g/mol. The summed E-state index contributed by atoms with van der Waals surface area (Å²) in [4.78, 5) is 31.9. The number of likely N-dealkylation sites (tertiary alicyclic amines) is 1. The van der Waals surface area contributed by atoms with E-state index in [1.165, 1.54) is 4.90 Å². The van der Waals surface area contributed by atoms with Crippen LogP contribution in [-0.4, -0.2) is 63.8 Å². The van der Waals surface area contributed by atoms with E-state index in [0.717, 1.165) is 12.8 Å². The number of rotatable bonds is 7. The van der Waals surface area contributed by atoms with Gasteiger partial charge in [-0.3, -0.25) is 4.79 Å². The highest BCUT2D eigenvalue weighted by Gasteiger charge is 2.33. The number of nitrogens with one attached hydrogen (secondary N) is 2. The summed E-state index contributed by atoms with van der Waals surface area (Å²) in [7, 11) is 0. The van der Waals surface area contributed by atoms with Crippen LogP contribution in [-0.2, 0) is 11.2 Å². The first-order valence-corrected chi connectivity index (χ1v) is 8.98. The Bertz CT molecular complexity index is 607. The van der Waals surface area contributed by atoms with Crippen LogP contribution in [0.2, 0.25) is 5.15 Å². The fraction of sp³-hybridized carbons (Fsp3) is 0.688. The van der Waals surface area contributed by atoms with Crippen molar-refractivity contribution in [2.45, 2.75) is 51.7 Å².